The molecule has 0 unspecified atom stereocenters. The molecule has 0 N–H and O–H groups in total. The number of ether oxygens (including phenoxy) is 1. The summed E-state index contributed by atoms with van der Waals surface area (Å²) >= 11 is 7.52. The molecule has 0 bridgehead atoms. The topological polar surface area (TPSA) is 42.4 Å². The number of nitrogens with zero attached hydrogens (tertiary/aromatic N) is 2. The van der Waals surface area contributed by atoms with Gasteiger partial charge in [0.2, 0.25) is 0 Å². The van der Waals surface area contributed by atoms with Crippen molar-refractivity contribution in [2.75, 3.05) is 0 Å². The third-order valence-corrected chi connectivity index (χ3v) is 6.37. The SMILES string of the molecule is CC[C@H](C)N(Cc1csc(COc2ccc(C)c(C)c2)n1)C(=O)c1ccc(Cl)cc1. The summed E-state index contributed by atoms with van der Waals surface area (Å²) < 4.78 is 5.90. The number of aromatic nitrogens is 1. The van der Waals surface area contributed by atoms with Crippen LogP contribution in [0.5, 0.6) is 5.75 Å². The lowest BCUT2D eigenvalue weighted by Crippen LogP contribution is -2.37. The summed E-state index contributed by atoms with van der Waals surface area (Å²) in [6.45, 7) is 9.18. The maximum Gasteiger partial charge on any atom is 0.254 e. The van der Waals surface area contributed by atoms with Crippen molar-refractivity contribution in [2.45, 2.75) is 53.3 Å². The van der Waals surface area contributed by atoms with E-state index in [0.29, 0.717) is 23.7 Å². The van der Waals surface area contributed by atoms with Crippen LogP contribution in [0.15, 0.2) is 47.8 Å². The molecule has 1 heterocycles. The lowest BCUT2D eigenvalue weighted by atomic mass is 10.1. The molecule has 158 valence electrons. The summed E-state index contributed by atoms with van der Waals surface area (Å²) in [6.07, 6.45) is 0.867. The van der Waals surface area contributed by atoms with Crippen LogP contribution in [0.3, 0.4) is 0 Å². The van der Waals surface area contributed by atoms with E-state index in [1.807, 2.05) is 22.4 Å². The number of rotatable bonds is 8. The van der Waals surface area contributed by atoms with Crippen LogP contribution >= 0.6 is 22.9 Å². The fraction of sp³-hybridized carbons (Fsp3) is 0.333. The van der Waals surface area contributed by atoms with Gasteiger partial charge in [0.25, 0.3) is 5.91 Å². The zero-order chi connectivity index (χ0) is 21.7. The number of aryl methyl sites for hydroxylation is 2. The van der Waals surface area contributed by atoms with Gasteiger partial charge in [-0.3, -0.25) is 4.79 Å². The summed E-state index contributed by atoms with van der Waals surface area (Å²) in [6, 6.07) is 13.2. The van der Waals surface area contributed by atoms with Crippen LogP contribution in [0.4, 0.5) is 0 Å². The molecule has 6 heteroatoms. The van der Waals surface area contributed by atoms with E-state index in [9.17, 15) is 4.79 Å². The van der Waals surface area contributed by atoms with Gasteiger partial charge in [0, 0.05) is 22.0 Å². The number of carbonyl (C=O) groups is 1. The molecule has 30 heavy (non-hydrogen) atoms. The largest absolute Gasteiger partial charge is 0.486 e. The van der Waals surface area contributed by atoms with E-state index in [4.69, 9.17) is 21.3 Å². The Kier molecular flexibility index (Phi) is 7.51. The molecular weight excluding hydrogens is 416 g/mol. The molecule has 4 nitrogen and oxygen atoms in total. The Morgan fingerprint density at radius 3 is 2.57 bits per heavy atom. The van der Waals surface area contributed by atoms with Gasteiger partial charge in [0.15, 0.2) is 0 Å². The van der Waals surface area contributed by atoms with Crippen molar-refractivity contribution >= 4 is 28.8 Å². The Morgan fingerprint density at radius 2 is 1.90 bits per heavy atom. The number of amides is 1. The first-order chi connectivity index (χ1) is 14.4. The second-order valence-corrected chi connectivity index (χ2v) is 8.84. The fourth-order valence-corrected chi connectivity index (χ4v) is 3.84. The predicted octanol–water partition coefficient (Wildman–Crippen LogP) is 6.43. The molecule has 0 saturated heterocycles. The van der Waals surface area contributed by atoms with Crippen LogP contribution in [0.1, 0.15) is 52.5 Å². The molecule has 1 amide bonds. The summed E-state index contributed by atoms with van der Waals surface area (Å²) in [5.74, 6) is 0.830. The van der Waals surface area contributed by atoms with E-state index < -0.39 is 0 Å². The van der Waals surface area contributed by atoms with Crippen LogP contribution in [0.25, 0.3) is 0 Å². The van der Waals surface area contributed by atoms with Crippen molar-refractivity contribution in [3.05, 3.63) is 80.3 Å². The number of carbonyl (C=O) groups excluding carboxylic acids is 1. The Balaban J connectivity index is 1.68. The van der Waals surface area contributed by atoms with Crippen LogP contribution in [-0.4, -0.2) is 21.8 Å². The van der Waals surface area contributed by atoms with Crippen molar-refractivity contribution < 1.29 is 9.53 Å². The highest BCUT2D eigenvalue weighted by molar-refractivity contribution is 7.09. The van der Waals surface area contributed by atoms with Crippen LogP contribution < -0.4 is 4.74 Å². The quantitative estimate of drug-likeness (QED) is 0.403. The van der Waals surface area contributed by atoms with Crippen molar-refractivity contribution in [3.8, 4) is 5.75 Å². The Labute approximate surface area is 187 Å². The van der Waals surface area contributed by atoms with Gasteiger partial charge in [-0.15, -0.1) is 11.3 Å². The van der Waals surface area contributed by atoms with E-state index in [0.717, 1.165) is 22.9 Å². The summed E-state index contributed by atoms with van der Waals surface area (Å²) in [4.78, 5) is 19.6. The zero-order valence-electron chi connectivity index (χ0n) is 17.8. The molecule has 0 aliphatic heterocycles. The molecule has 2 aromatic carbocycles. The molecule has 3 aromatic rings. The van der Waals surface area contributed by atoms with Gasteiger partial charge in [-0.05, 0) is 74.7 Å². The number of benzene rings is 2. The highest BCUT2D eigenvalue weighted by atomic mass is 35.5. The van der Waals surface area contributed by atoms with Crippen LogP contribution in [0.2, 0.25) is 5.02 Å². The minimum atomic E-state index is -0.0121. The highest BCUT2D eigenvalue weighted by Crippen LogP contribution is 2.21. The van der Waals surface area contributed by atoms with Crippen molar-refractivity contribution in [2.24, 2.45) is 0 Å². The third kappa shape index (κ3) is 5.61. The molecular formula is C24H27ClN2O2S. The lowest BCUT2D eigenvalue weighted by molar-refractivity contribution is 0.0669. The summed E-state index contributed by atoms with van der Waals surface area (Å²) in [5.41, 5.74) is 3.96. The number of thiazole rings is 1. The molecule has 1 atom stereocenters. The van der Waals surface area contributed by atoms with Gasteiger partial charge in [0.1, 0.15) is 17.4 Å². The molecule has 0 spiro atoms. The maximum absolute atomic E-state index is 13.1. The minimum absolute atomic E-state index is 0.0121. The smallest absolute Gasteiger partial charge is 0.254 e. The second kappa shape index (κ2) is 10.1. The molecule has 0 aliphatic carbocycles. The Morgan fingerprint density at radius 1 is 1.17 bits per heavy atom. The summed E-state index contributed by atoms with van der Waals surface area (Å²) in [5, 5.41) is 3.52. The molecule has 0 saturated carbocycles. The maximum atomic E-state index is 13.1. The average Bonchev–Trinajstić information content (AvgIpc) is 3.20. The average molecular weight is 443 g/mol. The third-order valence-electron chi connectivity index (χ3n) is 5.25. The van der Waals surface area contributed by atoms with Crippen molar-refractivity contribution in [1.82, 2.24) is 9.88 Å². The first kappa shape index (κ1) is 22.3. The standard InChI is InChI=1S/C24H27ClN2O2S/c1-5-18(4)27(24(28)19-7-9-20(25)10-8-19)13-21-15-30-23(26-21)14-29-22-11-6-16(2)17(3)12-22/h6-12,15,18H,5,13-14H2,1-4H3/t18-/m0/s1. The Hall–Kier alpha value is -2.37. The molecule has 0 aliphatic rings. The van der Waals surface area contributed by atoms with Gasteiger partial charge in [-0.25, -0.2) is 4.98 Å². The lowest BCUT2D eigenvalue weighted by Gasteiger charge is -2.28. The number of hydrogen-bond acceptors (Lipinski definition) is 4. The molecule has 1 aromatic heterocycles. The van der Waals surface area contributed by atoms with E-state index in [1.165, 1.54) is 11.1 Å². The normalized spacial score (nSPS) is 11.9. The van der Waals surface area contributed by atoms with Gasteiger partial charge < -0.3 is 9.64 Å². The second-order valence-electron chi connectivity index (χ2n) is 7.46. The Bertz CT molecular complexity index is 1000. The van der Waals surface area contributed by atoms with E-state index in [-0.39, 0.29) is 11.9 Å². The first-order valence-electron chi connectivity index (χ1n) is 10.1. The predicted molar refractivity (Wildman–Crippen MR) is 123 cm³/mol. The van der Waals surface area contributed by atoms with Crippen molar-refractivity contribution in [3.63, 3.8) is 0 Å². The first-order valence-corrected chi connectivity index (χ1v) is 11.3. The number of hydrogen-bond donors (Lipinski definition) is 0. The molecule has 3 rings (SSSR count). The van der Waals surface area contributed by atoms with Crippen LogP contribution in [-0.2, 0) is 13.2 Å². The monoisotopic (exact) mass is 442 g/mol. The molecule has 0 radical (unpaired) electrons. The van der Waals surface area contributed by atoms with E-state index in [1.54, 1.807) is 35.6 Å². The van der Waals surface area contributed by atoms with E-state index >= 15 is 0 Å². The zero-order valence-corrected chi connectivity index (χ0v) is 19.4. The van der Waals surface area contributed by atoms with Crippen LogP contribution in [0, 0.1) is 13.8 Å². The van der Waals surface area contributed by atoms with Gasteiger partial charge in [-0.1, -0.05) is 24.6 Å². The highest BCUT2D eigenvalue weighted by Gasteiger charge is 2.22. The van der Waals surface area contributed by atoms with Crippen molar-refractivity contribution in [1.29, 1.82) is 0 Å². The van der Waals surface area contributed by atoms with Gasteiger partial charge in [-0.2, -0.15) is 0 Å². The van der Waals surface area contributed by atoms with E-state index in [2.05, 4.69) is 33.8 Å². The number of halogens is 1. The summed E-state index contributed by atoms with van der Waals surface area (Å²) in [7, 11) is 0. The fourth-order valence-electron chi connectivity index (χ4n) is 3.02. The van der Waals surface area contributed by atoms with Gasteiger partial charge in [0.05, 0.1) is 12.2 Å². The van der Waals surface area contributed by atoms with Gasteiger partial charge >= 0.3 is 0 Å². The molecule has 0 fully saturated rings. The minimum Gasteiger partial charge on any atom is -0.486 e.